The van der Waals surface area contributed by atoms with Crippen LogP contribution in [-0.4, -0.2) is 56.1 Å². The predicted octanol–water partition coefficient (Wildman–Crippen LogP) is 3.49. The van der Waals surface area contributed by atoms with Crippen molar-refractivity contribution in [2.75, 3.05) is 34.4 Å². The zero-order chi connectivity index (χ0) is 20.8. The molecule has 2 fully saturated rings. The summed E-state index contributed by atoms with van der Waals surface area (Å²) in [5.41, 5.74) is 2.19. The van der Waals surface area contributed by atoms with Gasteiger partial charge in [0.1, 0.15) is 6.10 Å². The maximum Gasteiger partial charge on any atom is 0.190 e. The van der Waals surface area contributed by atoms with Crippen molar-refractivity contribution < 1.29 is 18.9 Å². The molecular formula is C24H28N2O4. The van der Waals surface area contributed by atoms with Crippen molar-refractivity contribution in [3.63, 3.8) is 0 Å². The highest BCUT2D eigenvalue weighted by molar-refractivity contribution is 5.49. The van der Waals surface area contributed by atoms with Gasteiger partial charge in [-0.3, -0.25) is 4.98 Å². The Morgan fingerprint density at radius 1 is 1.13 bits per heavy atom. The van der Waals surface area contributed by atoms with E-state index in [1.807, 2.05) is 24.4 Å². The molecular weight excluding hydrogens is 380 g/mol. The number of rotatable bonds is 4. The van der Waals surface area contributed by atoms with Crippen LogP contribution in [0.15, 0.2) is 54.9 Å². The number of nitrogens with zero attached hydrogens (tertiary/aromatic N) is 2. The lowest BCUT2D eigenvalue weighted by Crippen LogP contribution is -2.49. The Balaban J connectivity index is 1.48. The van der Waals surface area contributed by atoms with E-state index in [1.165, 1.54) is 5.56 Å². The fraction of sp³-hybridized carbons (Fsp3) is 0.458. The van der Waals surface area contributed by atoms with Gasteiger partial charge in [0, 0.05) is 35.8 Å². The van der Waals surface area contributed by atoms with Crippen molar-refractivity contribution in [2.45, 2.75) is 36.2 Å². The molecule has 1 spiro atoms. The van der Waals surface area contributed by atoms with Crippen LogP contribution < -0.4 is 9.47 Å². The molecule has 0 radical (unpaired) electrons. The number of hydrogen-bond donors (Lipinski definition) is 0. The number of fused-ring (bicyclic) bond motifs is 1. The molecule has 1 aromatic heterocycles. The highest BCUT2D eigenvalue weighted by atomic mass is 16.7. The Hall–Kier alpha value is -2.41. The van der Waals surface area contributed by atoms with E-state index >= 15 is 0 Å². The minimum atomic E-state index is -0.691. The van der Waals surface area contributed by atoms with Crippen LogP contribution in [0.2, 0.25) is 0 Å². The Kier molecular flexibility index (Phi) is 4.81. The molecule has 2 saturated heterocycles. The van der Waals surface area contributed by atoms with E-state index < -0.39 is 5.79 Å². The summed E-state index contributed by atoms with van der Waals surface area (Å²) >= 11 is 0. The second-order valence-electron chi connectivity index (χ2n) is 8.41. The number of aromatic nitrogens is 1. The van der Waals surface area contributed by atoms with Crippen LogP contribution in [0.4, 0.5) is 0 Å². The molecule has 1 aromatic carbocycles. The first kappa shape index (κ1) is 19.5. The molecule has 3 aliphatic rings. The molecule has 5 rings (SSSR count). The highest BCUT2D eigenvalue weighted by Crippen LogP contribution is 2.52. The molecule has 2 aromatic rings. The van der Waals surface area contributed by atoms with Gasteiger partial charge in [-0.2, -0.15) is 0 Å². The van der Waals surface area contributed by atoms with Crippen LogP contribution >= 0.6 is 0 Å². The van der Waals surface area contributed by atoms with Crippen LogP contribution in [0.25, 0.3) is 0 Å². The first-order valence-electron chi connectivity index (χ1n) is 10.4. The van der Waals surface area contributed by atoms with E-state index in [1.54, 1.807) is 20.4 Å². The highest BCUT2D eigenvalue weighted by Gasteiger charge is 2.55. The van der Waals surface area contributed by atoms with Crippen LogP contribution in [0.1, 0.15) is 30.1 Å². The number of hydrogen-bond acceptors (Lipinski definition) is 6. The third-order valence-electron chi connectivity index (χ3n) is 6.92. The third kappa shape index (κ3) is 3.02. The van der Waals surface area contributed by atoms with E-state index in [-0.39, 0.29) is 17.6 Å². The molecule has 158 valence electrons. The Morgan fingerprint density at radius 2 is 2.00 bits per heavy atom. The molecule has 4 atom stereocenters. The van der Waals surface area contributed by atoms with Crippen molar-refractivity contribution in [1.82, 2.24) is 9.88 Å². The first-order chi connectivity index (χ1) is 14.6. The van der Waals surface area contributed by atoms with E-state index in [9.17, 15) is 0 Å². The minimum Gasteiger partial charge on any atom is -0.493 e. The molecule has 0 N–H and O–H groups in total. The topological polar surface area (TPSA) is 53.1 Å². The third-order valence-corrected chi connectivity index (χ3v) is 6.92. The Morgan fingerprint density at radius 3 is 2.77 bits per heavy atom. The number of pyridine rings is 1. The number of ether oxygens (including phenoxy) is 4. The molecule has 1 aliphatic carbocycles. The molecule has 2 unspecified atom stereocenters. The molecule has 2 aliphatic heterocycles. The monoisotopic (exact) mass is 408 g/mol. The summed E-state index contributed by atoms with van der Waals surface area (Å²) < 4.78 is 23.8. The summed E-state index contributed by atoms with van der Waals surface area (Å²) in [6, 6.07) is 10.5. The van der Waals surface area contributed by atoms with Gasteiger partial charge in [0.15, 0.2) is 17.3 Å². The van der Waals surface area contributed by atoms with Crippen LogP contribution in [0, 0.1) is 0 Å². The lowest BCUT2D eigenvalue weighted by atomic mass is 9.68. The second kappa shape index (κ2) is 7.38. The predicted molar refractivity (Wildman–Crippen MR) is 113 cm³/mol. The molecule has 6 nitrogen and oxygen atoms in total. The van der Waals surface area contributed by atoms with Crippen LogP contribution in [0.3, 0.4) is 0 Å². The van der Waals surface area contributed by atoms with Crippen molar-refractivity contribution in [2.24, 2.45) is 0 Å². The summed E-state index contributed by atoms with van der Waals surface area (Å²) in [6.07, 6.45) is 9.81. The van der Waals surface area contributed by atoms with E-state index in [4.69, 9.17) is 18.9 Å². The van der Waals surface area contributed by atoms with Crippen molar-refractivity contribution in [1.29, 1.82) is 0 Å². The summed E-state index contributed by atoms with van der Waals surface area (Å²) in [7, 11) is 5.54. The van der Waals surface area contributed by atoms with Crippen LogP contribution in [0.5, 0.6) is 11.5 Å². The summed E-state index contributed by atoms with van der Waals surface area (Å²) in [4.78, 5) is 6.65. The van der Waals surface area contributed by atoms with Gasteiger partial charge in [-0.05, 0) is 49.9 Å². The van der Waals surface area contributed by atoms with Gasteiger partial charge < -0.3 is 23.8 Å². The van der Waals surface area contributed by atoms with Gasteiger partial charge in [0.2, 0.25) is 0 Å². The Bertz CT molecular complexity index is 949. The quantitative estimate of drug-likeness (QED) is 0.722. The number of methoxy groups -OCH3 is 2. The van der Waals surface area contributed by atoms with Gasteiger partial charge in [-0.25, -0.2) is 0 Å². The van der Waals surface area contributed by atoms with Gasteiger partial charge in [0.05, 0.1) is 20.8 Å². The fourth-order valence-corrected chi connectivity index (χ4v) is 5.23. The largest absolute Gasteiger partial charge is 0.493 e. The van der Waals surface area contributed by atoms with Gasteiger partial charge in [0.25, 0.3) is 0 Å². The lowest BCUT2D eigenvalue weighted by Gasteiger charge is -2.43. The number of likely N-dealkylation sites (N-methyl/N-ethyl adjacent to an activating group) is 1. The minimum absolute atomic E-state index is 0.0939. The first-order valence-corrected chi connectivity index (χ1v) is 10.4. The average Bonchev–Trinajstić information content (AvgIpc) is 3.36. The maximum atomic E-state index is 6.47. The Labute approximate surface area is 177 Å². The second-order valence-corrected chi connectivity index (χ2v) is 8.41. The van der Waals surface area contributed by atoms with E-state index in [0.29, 0.717) is 6.61 Å². The van der Waals surface area contributed by atoms with E-state index in [0.717, 1.165) is 36.4 Å². The maximum absolute atomic E-state index is 6.47. The molecule has 6 heteroatoms. The standard InChI is InChI=1S/C24H28N2O4/c1-26-12-10-23(18-6-7-19(27-2)20(13-18)28-3)8-9-24(14-22(23)26)29-16-21(30-24)17-5-4-11-25-15-17/h4-9,11,13,15,21-22H,10,12,14,16H2,1-3H3/t21?,22-,23-,24?/m0/s1. The zero-order valence-corrected chi connectivity index (χ0v) is 17.7. The van der Waals surface area contributed by atoms with Gasteiger partial charge >= 0.3 is 0 Å². The van der Waals surface area contributed by atoms with Gasteiger partial charge in [-0.15, -0.1) is 0 Å². The number of likely N-dealkylation sites (tertiary alicyclic amines) is 1. The van der Waals surface area contributed by atoms with Crippen molar-refractivity contribution in [3.05, 3.63) is 66.0 Å². The fourth-order valence-electron chi connectivity index (χ4n) is 5.23. The van der Waals surface area contributed by atoms with E-state index in [2.05, 4.69) is 41.2 Å². The smallest absolute Gasteiger partial charge is 0.190 e. The van der Waals surface area contributed by atoms with Gasteiger partial charge in [-0.1, -0.05) is 18.2 Å². The van der Waals surface area contributed by atoms with Crippen molar-refractivity contribution >= 4 is 0 Å². The van der Waals surface area contributed by atoms with Crippen LogP contribution in [-0.2, 0) is 14.9 Å². The SMILES string of the molecule is COc1ccc([C@@]23C=CC4(C[C@@H]2N(C)CC3)OCC(c2cccnc2)O4)cc1OC. The number of benzene rings is 1. The molecule has 0 bridgehead atoms. The summed E-state index contributed by atoms with van der Waals surface area (Å²) in [5.74, 6) is 0.819. The molecule has 30 heavy (non-hydrogen) atoms. The lowest BCUT2D eigenvalue weighted by molar-refractivity contribution is -0.150. The molecule has 3 heterocycles. The molecule has 0 amide bonds. The average molecular weight is 408 g/mol. The molecule has 0 saturated carbocycles. The zero-order valence-electron chi connectivity index (χ0n) is 17.7. The van der Waals surface area contributed by atoms with Crippen molar-refractivity contribution in [3.8, 4) is 11.5 Å². The summed E-state index contributed by atoms with van der Waals surface area (Å²) in [6.45, 7) is 1.56. The normalized spacial score (nSPS) is 33.0. The summed E-state index contributed by atoms with van der Waals surface area (Å²) in [5, 5.41) is 0.